The van der Waals surface area contributed by atoms with Crippen molar-refractivity contribution in [2.75, 3.05) is 6.61 Å². The van der Waals surface area contributed by atoms with Crippen molar-refractivity contribution in [1.82, 2.24) is 0 Å². The highest BCUT2D eigenvalue weighted by molar-refractivity contribution is 5.90. The van der Waals surface area contributed by atoms with Crippen molar-refractivity contribution in [3.05, 3.63) is 108 Å². The van der Waals surface area contributed by atoms with E-state index in [1.54, 1.807) is 0 Å². The molecule has 5 rings (SSSR count). The molecule has 1 heterocycles. The largest absolute Gasteiger partial charge is 0.387 e. The lowest BCUT2D eigenvalue weighted by Crippen LogP contribution is -2.64. The molecule has 1 aliphatic heterocycles. The lowest BCUT2D eigenvalue weighted by atomic mass is 9.76. The van der Waals surface area contributed by atoms with Gasteiger partial charge in [-0.25, -0.2) is 0 Å². The van der Waals surface area contributed by atoms with Crippen molar-refractivity contribution in [3.63, 3.8) is 0 Å². The highest BCUT2D eigenvalue weighted by Gasteiger charge is 2.54. The first-order valence-electron chi connectivity index (χ1n) is 14.0. The van der Waals surface area contributed by atoms with Gasteiger partial charge in [-0.1, -0.05) is 110 Å². The fraction of sp³-hybridized carbons (Fsp3) is 0.424. The first-order chi connectivity index (χ1) is 19.1. The van der Waals surface area contributed by atoms with E-state index in [9.17, 15) is 9.90 Å². The summed E-state index contributed by atoms with van der Waals surface area (Å²) < 4.78 is 25.2. The van der Waals surface area contributed by atoms with Crippen LogP contribution in [-0.2, 0) is 43.6 Å². The van der Waals surface area contributed by atoms with Gasteiger partial charge < -0.3 is 24.1 Å². The molecule has 0 aromatic heterocycles. The van der Waals surface area contributed by atoms with Gasteiger partial charge in [-0.15, -0.1) is 0 Å². The van der Waals surface area contributed by atoms with Gasteiger partial charge in [0.2, 0.25) is 0 Å². The van der Waals surface area contributed by atoms with Crippen molar-refractivity contribution in [2.24, 2.45) is 0 Å². The zero-order valence-electron chi connectivity index (χ0n) is 22.3. The number of hydrogen-bond donors (Lipinski definition) is 1. The average Bonchev–Trinajstić information content (AvgIpc) is 2.98. The zero-order chi connectivity index (χ0) is 26.9. The molecule has 3 aromatic carbocycles. The Morgan fingerprint density at radius 3 is 1.79 bits per heavy atom. The molecule has 0 radical (unpaired) electrons. The van der Waals surface area contributed by atoms with Crippen LogP contribution in [0, 0.1) is 0 Å². The summed E-state index contributed by atoms with van der Waals surface area (Å²) in [6, 6.07) is 29.6. The molecule has 4 atom stereocenters. The topological polar surface area (TPSA) is 74.2 Å². The molecule has 1 N–H and O–H groups in total. The summed E-state index contributed by atoms with van der Waals surface area (Å²) in [5.41, 5.74) is 1.78. The van der Waals surface area contributed by atoms with Gasteiger partial charge in [-0.2, -0.15) is 0 Å². The predicted molar refractivity (Wildman–Crippen MR) is 148 cm³/mol. The third kappa shape index (κ3) is 7.21. The van der Waals surface area contributed by atoms with E-state index >= 15 is 0 Å². The molecule has 0 bridgehead atoms. The fourth-order valence-electron chi connectivity index (χ4n) is 5.54. The van der Waals surface area contributed by atoms with E-state index in [2.05, 4.69) is 0 Å². The molecule has 0 spiro atoms. The maximum absolute atomic E-state index is 14.0. The molecule has 1 saturated heterocycles. The van der Waals surface area contributed by atoms with E-state index in [0.717, 1.165) is 36.0 Å². The number of carbonyl (C=O) groups is 1. The Hall–Kier alpha value is -2.87. The molecule has 0 unspecified atom stereocenters. The number of Topliss-reactive ketones (excluding diaryl/α,β-unsaturated/α-hetero) is 1. The van der Waals surface area contributed by atoms with Crippen LogP contribution in [-0.4, -0.2) is 47.5 Å². The number of ketones is 1. The van der Waals surface area contributed by atoms with Crippen molar-refractivity contribution in [2.45, 2.75) is 81.9 Å². The Kier molecular flexibility index (Phi) is 9.56. The minimum atomic E-state index is -1.22. The Labute approximate surface area is 230 Å². The van der Waals surface area contributed by atoms with Gasteiger partial charge in [-0.3, -0.25) is 4.79 Å². The Morgan fingerprint density at radius 2 is 1.23 bits per heavy atom. The SMILES string of the molecule is O=C1[C@@H](OCc2ccccc2)[C@H](OCc2ccccc2)[C@@H](COCc2ccccc2)O[C@H]1C1(O)CCCCC1. The van der Waals surface area contributed by atoms with Gasteiger partial charge in [-0.05, 0) is 29.5 Å². The van der Waals surface area contributed by atoms with Gasteiger partial charge in [0.05, 0.1) is 32.0 Å². The second kappa shape index (κ2) is 13.5. The van der Waals surface area contributed by atoms with E-state index < -0.39 is 30.0 Å². The van der Waals surface area contributed by atoms with E-state index in [1.165, 1.54) is 0 Å². The first-order valence-corrected chi connectivity index (χ1v) is 14.0. The predicted octanol–water partition coefficient (Wildman–Crippen LogP) is 5.41. The van der Waals surface area contributed by atoms with Gasteiger partial charge in [0.25, 0.3) is 0 Å². The molecule has 2 aliphatic rings. The molecule has 0 amide bonds. The number of hydrogen-bond acceptors (Lipinski definition) is 6. The smallest absolute Gasteiger partial charge is 0.195 e. The van der Waals surface area contributed by atoms with Gasteiger partial charge in [0, 0.05) is 0 Å². The Morgan fingerprint density at radius 1 is 0.718 bits per heavy atom. The van der Waals surface area contributed by atoms with E-state index in [-0.39, 0.29) is 19.0 Å². The maximum Gasteiger partial charge on any atom is 0.195 e. The summed E-state index contributed by atoms with van der Waals surface area (Å²) in [5, 5.41) is 11.6. The molecule has 6 nitrogen and oxygen atoms in total. The summed E-state index contributed by atoms with van der Waals surface area (Å²) >= 11 is 0. The van der Waals surface area contributed by atoms with Crippen LogP contribution < -0.4 is 0 Å². The molecular formula is C33H38O6. The molecule has 39 heavy (non-hydrogen) atoms. The Balaban J connectivity index is 1.39. The Bertz CT molecular complexity index is 1150. The fourth-order valence-corrected chi connectivity index (χ4v) is 5.54. The summed E-state index contributed by atoms with van der Waals surface area (Å²) in [6.07, 6.45) is 0.662. The zero-order valence-corrected chi connectivity index (χ0v) is 22.3. The van der Waals surface area contributed by atoms with Crippen molar-refractivity contribution in [1.29, 1.82) is 0 Å². The number of rotatable bonds is 11. The molecular weight excluding hydrogens is 492 g/mol. The van der Waals surface area contributed by atoms with Crippen LogP contribution in [0.4, 0.5) is 0 Å². The molecule has 206 valence electrons. The van der Waals surface area contributed by atoms with Crippen molar-refractivity contribution >= 4 is 5.78 Å². The third-order valence-electron chi connectivity index (χ3n) is 7.67. The highest BCUT2D eigenvalue weighted by Crippen LogP contribution is 2.38. The number of ether oxygens (including phenoxy) is 4. The van der Waals surface area contributed by atoms with Gasteiger partial charge >= 0.3 is 0 Å². The lowest BCUT2D eigenvalue weighted by Gasteiger charge is -2.46. The second-order valence-electron chi connectivity index (χ2n) is 10.6. The van der Waals surface area contributed by atoms with Crippen LogP contribution in [0.15, 0.2) is 91.0 Å². The highest BCUT2D eigenvalue weighted by atomic mass is 16.6. The van der Waals surface area contributed by atoms with Crippen molar-refractivity contribution < 1.29 is 28.8 Å². The number of aliphatic hydroxyl groups is 1. The van der Waals surface area contributed by atoms with Crippen LogP contribution in [0.2, 0.25) is 0 Å². The van der Waals surface area contributed by atoms with Gasteiger partial charge in [0.15, 0.2) is 5.78 Å². The molecule has 3 aromatic rings. The summed E-state index contributed by atoms with van der Waals surface area (Å²) in [4.78, 5) is 14.0. The molecule has 6 heteroatoms. The van der Waals surface area contributed by atoms with Crippen LogP contribution >= 0.6 is 0 Å². The molecule has 1 saturated carbocycles. The monoisotopic (exact) mass is 530 g/mol. The van der Waals surface area contributed by atoms with Crippen molar-refractivity contribution in [3.8, 4) is 0 Å². The minimum Gasteiger partial charge on any atom is -0.387 e. The lowest BCUT2D eigenvalue weighted by molar-refractivity contribution is -0.241. The second-order valence-corrected chi connectivity index (χ2v) is 10.6. The van der Waals surface area contributed by atoms with Crippen LogP contribution in [0.1, 0.15) is 48.8 Å². The minimum absolute atomic E-state index is 0.208. The standard InChI is InChI=1S/C33H38O6/c34-29-31(38-23-27-17-9-3-10-18-27)30(37-22-26-15-7-2-8-16-26)28(24-36-21-25-13-5-1-6-14-25)39-32(29)33(35)19-11-4-12-20-33/h1-3,5-10,13-18,28,30-32,35H,4,11-12,19-24H2/t28-,30-,31-,32-/m1/s1. The maximum atomic E-state index is 14.0. The number of carbonyl (C=O) groups excluding carboxylic acids is 1. The van der Waals surface area contributed by atoms with E-state index in [4.69, 9.17) is 18.9 Å². The van der Waals surface area contributed by atoms with Crippen LogP contribution in [0.5, 0.6) is 0 Å². The van der Waals surface area contributed by atoms with E-state index in [1.807, 2.05) is 91.0 Å². The summed E-state index contributed by atoms with van der Waals surface area (Å²) in [5.74, 6) is -0.257. The summed E-state index contributed by atoms with van der Waals surface area (Å²) in [6.45, 7) is 1.17. The molecule has 2 fully saturated rings. The van der Waals surface area contributed by atoms with E-state index in [0.29, 0.717) is 26.1 Å². The molecule has 1 aliphatic carbocycles. The van der Waals surface area contributed by atoms with Gasteiger partial charge in [0.1, 0.15) is 24.4 Å². The van der Waals surface area contributed by atoms with Crippen LogP contribution in [0.25, 0.3) is 0 Å². The third-order valence-corrected chi connectivity index (χ3v) is 7.67. The van der Waals surface area contributed by atoms with Crippen LogP contribution in [0.3, 0.4) is 0 Å². The quantitative estimate of drug-likeness (QED) is 0.358. The first kappa shape index (κ1) is 27.7. The average molecular weight is 531 g/mol. The summed E-state index contributed by atoms with van der Waals surface area (Å²) in [7, 11) is 0. The number of benzene rings is 3. The normalized spacial score (nSPS) is 24.9.